The van der Waals surface area contributed by atoms with Crippen LogP contribution in [0.5, 0.6) is 0 Å². The zero-order valence-electron chi connectivity index (χ0n) is 18.4. The van der Waals surface area contributed by atoms with E-state index in [4.69, 9.17) is 34.8 Å². The molecule has 178 valence electrons. The maximum atomic E-state index is 13.5. The third kappa shape index (κ3) is 4.89. The fraction of sp³-hybridized carbons (Fsp3) is 0.0800. The number of halogens is 4. The Balaban J connectivity index is 1.60. The summed E-state index contributed by atoms with van der Waals surface area (Å²) in [6.07, 6.45) is 0. The first kappa shape index (κ1) is 24.7. The van der Waals surface area contributed by atoms with Crippen molar-refractivity contribution in [3.8, 4) is 0 Å². The number of aryl methyl sites for hydroxylation is 2. The molecule has 2 N–H and O–H groups in total. The molecule has 0 unspecified atom stereocenters. The van der Waals surface area contributed by atoms with E-state index in [1.807, 2.05) is 6.92 Å². The zero-order valence-corrected chi connectivity index (χ0v) is 20.6. The number of rotatable bonds is 5. The van der Waals surface area contributed by atoms with Gasteiger partial charge in [-0.05, 0) is 67.4 Å². The van der Waals surface area contributed by atoms with E-state index >= 15 is 0 Å². The van der Waals surface area contributed by atoms with Crippen molar-refractivity contribution in [1.29, 1.82) is 0 Å². The molecule has 1 heterocycles. The fourth-order valence-electron chi connectivity index (χ4n) is 3.43. The number of nitrogens with one attached hydrogen (secondary N) is 2. The molecule has 0 saturated carbocycles. The van der Waals surface area contributed by atoms with Gasteiger partial charge in [-0.1, -0.05) is 46.9 Å². The Morgan fingerprint density at radius 3 is 2.26 bits per heavy atom. The minimum absolute atomic E-state index is 0.0723. The third-order valence-corrected chi connectivity index (χ3v) is 6.27. The summed E-state index contributed by atoms with van der Waals surface area (Å²) >= 11 is 18.0. The molecule has 6 nitrogen and oxygen atoms in total. The predicted octanol–water partition coefficient (Wildman–Crippen LogP) is 6.44. The molecule has 3 aromatic carbocycles. The average Bonchev–Trinajstić information content (AvgIpc) is 3.02. The predicted molar refractivity (Wildman–Crippen MR) is 136 cm³/mol. The fourth-order valence-corrected chi connectivity index (χ4v) is 3.99. The zero-order chi connectivity index (χ0) is 25.4. The maximum Gasteiger partial charge on any atom is 0.283 e. The highest BCUT2D eigenvalue weighted by molar-refractivity contribution is 6.53. The molecule has 0 spiro atoms. The monoisotopic (exact) mass is 531 g/mol. The van der Waals surface area contributed by atoms with Crippen LogP contribution in [0.3, 0.4) is 0 Å². The second-order valence-electron chi connectivity index (χ2n) is 7.80. The second-order valence-corrected chi connectivity index (χ2v) is 9.02. The van der Waals surface area contributed by atoms with Crippen molar-refractivity contribution >= 4 is 69.6 Å². The Morgan fingerprint density at radius 1 is 0.857 bits per heavy atom. The number of carbonyl (C=O) groups is 3. The molecular weight excluding hydrogens is 516 g/mol. The van der Waals surface area contributed by atoms with Gasteiger partial charge in [-0.3, -0.25) is 14.4 Å². The van der Waals surface area contributed by atoms with Gasteiger partial charge in [0.2, 0.25) is 0 Å². The Morgan fingerprint density at radius 2 is 1.54 bits per heavy atom. The molecule has 3 aromatic rings. The minimum atomic E-state index is -0.787. The Kier molecular flexibility index (Phi) is 6.85. The number of hydrogen-bond donors (Lipinski definition) is 2. The Hall–Kier alpha value is -3.39. The molecule has 0 bridgehead atoms. The van der Waals surface area contributed by atoms with Crippen LogP contribution in [-0.2, 0) is 9.59 Å². The van der Waals surface area contributed by atoms with Crippen molar-refractivity contribution in [3.05, 3.63) is 97.9 Å². The van der Waals surface area contributed by atoms with Crippen LogP contribution in [0, 0.1) is 19.7 Å². The van der Waals surface area contributed by atoms with Crippen molar-refractivity contribution in [2.24, 2.45) is 0 Å². The molecule has 1 aliphatic rings. The molecule has 10 heteroatoms. The van der Waals surface area contributed by atoms with Crippen molar-refractivity contribution in [2.75, 3.05) is 15.5 Å². The number of carbonyl (C=O) groups excluding carboxylic acids is 3. The van der Waals surface area contributed by atoms with Gasteiger partial charge in [0.25, 0.3) is 17.7 Å². The van der Waals surface area contributed by atoms with E-state index in [0.717, 1.165) is 22.6 Å². The SMILES string of the molecule is Cc1ccc(Cl)cc1NC(=O)c1ccc(C)c(NC2=C(Cl)C(=O)N(c3ccc(F)c(Cl)c3)C2=O)c1. The van der Waals surface area contributed by atoms with Crippen LogP contribution >= 0.6 is 34.8 Å². The lowest BCUT2D eigenvalue weighted by atomic mass is 10.1. The average molecular weight is 533 g/mol. The van der Waals surface area contributed by atoms with Gasteiger partial charge in [0.1, 0.15) is 16.5 Å². The van der Waals surface area contributed by atoms with Crippen molar-refractivity contribution in [3.63, 3.8) is 0 Å². The molecule has 4 rings (SSSR count). The number of benzene rings is 3. The van der Waals surface area contributed by atoms with Crippen molar-refractivity contribution in [2.45, 2.75) is 13.8 Å². The van der Waals surface area contributed by atoms with Gasteiger partial charge >= 0.3 is 0 Å². The van der Waals surface area contributed by atoms with Crippen LogP contribution in [0.25, 0.3) is 0 Å². The highest BCUT2D eigenvalue weighted by atomic mass is 35.5. The van der Waals surface area contributed by atoms with Crippen LogP contribution < -0.4 is 15.5 Å². The molecule has 0 saturated heterocycles. The van der Waals surface area contributed by atoms with Gasteiger partial charge in [-0.2, -0.15) is 0 Å². The summed E-state index contributed by atoms with van der Waals surface area (Å²) in [4.78, 5) is 39.4. The van der Waals surface area contributed by atoms with Crippen LogP contribution in [0.2, 0.25) is 10.0 Å². The first-order valence-corrected chi connectivity index (χ1v) is 11.4. The summed E-state index contributed by atoms with van der Waals surface area (Å²) in [5.41, 5.74) is 2.68. The van der Waals surface area contributed by atoms with E-state index in [9.17, 15) is 18.8 Å². The van der Waals surface area contributed by atoms with Gasteiger partial charge in [0, 0.05) is 22.0 Å². The summed E-state index contributed by atoms with van der Waals surface area (Å²) < 4.78 is 13.5. The smallest absolute Gasteiger partial charge is 0.283 e. The molecule has 0 atom stereocenters. The Bertz CT molecular complexity index is 1440. The van der Waals surface area contributed by atoms with Crippen LogP contribution in [0.1, 0.15) is 21.5 Å². The number of imide groups is 1. The van der Waals surface area contributed by atoms with E-state index in [1.165, 1.54) is 12.1 Å². The Labute approximate surface area is 215 Å². The molecule has 3 amide bonds. The number of amides is 3. The number of hydrogen-bond acceptors (Lipinski definition) is 4. The standard InChI is InChI=1S/C25H17Cl3FN3O3/c1-12-3-5-14(23(33)31-20-10-15(26)6-4-13(20)2)9-19(12)30-22-21(28)24(34)32(25(22)35)16-7-8-18(29)17(27)11-16/h3-11,30H,1-2H3,(H,31,33). The van der Waals surface area contributed by atoms with Gasteiger partial charge < -0.3 is 10.6 Å². The van der Waals surface area contributed by atoms with Crippen LogP contribution in [0.15, 0.2) is 65.3 Å². The summed E-state index contributed by atoms with van der Waals surface area (Å²) in [6, 6.07) is 13.5. The molecule has 35 heavy (non-hydrogen) atoms. The molecular formula is C25H17Cl3FN3O3. The van der Waals surface area contributed by atoms with Gasteiger partial charge in [0.15, 0.2) is 0 Å². The second kappa shape index (κ2) is 9.70. The normalized spacial score (nSPS) is 13.5. The summed E-state index contributed by atoms with van der Waals surface area (Å²) in [5, 5.41) is 5.57. The molecule has 1 aliphatic heterocycles. The van der Waals surface area contributed by atoms with E-state index in [0.29, 0.717) is 27.5 Å². The lowest BCUT2D eigenvalue weighted by Crippen LogP contribution is -2.32. The first-order valence-electron chi connectivity index (χ1n) is 10.3. The lowest BCUT2D eigenvalue weighted by molar-refractivity contribution is -0.120. The van der Waals surface area contributed by atoms with Gasteiger partial charge in [0.05, 0.1) is 10.7 Å². The molecule has 0 radical (unpaired) electrons. The summed E-state index contributed by atoms with van der Waals surface area (Å²) in [6.45, 7) is 3.60. The van der Waals surface area contributed by atoms with Crippen molar-refractivity contribution < 1.29 is 18.8 Å². The number of nitrogens with zero attached hydrogens (tertiary/aromatic N) is 1. The maximum absolute atomic E-state index is 13.5. The first-order chi connectivity index (χ1) is 16.6. The largest absolute Gasteiger partial charge is 0.349 e. The van der Waals surface area contributed by atoms with E-state index in [-0.39, 0.29) is 21.4 Å². The molecule has 0 aromatic heterocycles. The molecule has 0 fully saturated rings. The quantitative estimate of drug-likeness (QED) is 0.371. The summed E-state index contributed by atoms with van der Waals surface area (Å²) in [5.74, 6) is -2.61. The van der Waals surface area contributed by atoms with E-state index in [1.54, 1.807) is 37.3 Å². The van der Waals surface area contributed by atoms with E-state index < -0.39 is 23.5 Å². The number of anilines is 3. The molecule has 0 aliphatic carbocycles. The van der Waals surface area contributed by atoms with E-state index in [2.05, 4.69) is 10.6 Å². The lowest BCUT2D eigenvalue weighted by Gasteiger charge is -2.16. The third-order valence-electron chi connectivity index (χ3n) is 5.40. The summed E-state index contributed by atoms with van der Waals surface area (Å²) in [7, 11) is 0. The van der Waals surface area contributed by atoms with Crippen molar-refractivity contribution in [1.82, 2.24) is 0 Å². The minimum Gasteiger partial charge on any atom is -0.349 e. The highest BCUT2D eigenvalue weighted by Crippen LogP contribution is 2.33. The van der Waals surface area contributed by atoms with Gasteiger partial charge in [-0.25, -0.2) is 9.29 Å². The van der Waals surface area contributed by atoms with Crippen LogP contribution in [0.4, 0.5) is 21.5 Å². The van der Waals surface area contributed by atoms with Crippen LogP contribution in [-0.4, -0.2) is 17.7 Å². The topological polar surface area (TPSA) is 78.5 Å². The van der Waals surface area contributed by atoms with Gasteiger partial charge in [-0.15, -0.1) is 0 Å². The highest BCUT2D eigenvalue weighted by Gasteiger charge is 2.39.